The van der Waals surface area contributed by atoms with Gasteiger partial charge in [0.15, 0.2) is 11.0 Å². The first-order valence-corrected chi connectivity index (χ1v) is 10.8. The summed E-state index contributed by atoms with van der Waals surface area (Å²) in [6.07, 6.45) is 7.39. The van der Waals surface area contributed by atoms with Crippen molar-refractivity contribution in [1.29, 1.82) is 0 Å². The molecular formula is C17H20Cl2N6OS. The summed E-state index contributed by atoms with van der Waals surface area (Å²) in [7, 11) is 0. The van der Waals surface area contributed by atoms with E-state index in [1.807, 2.05) is 0 Å². The Hall–Kier alpha value is -1.51. The summed E-state index contributed by atoms with van der Waals surface area (Å²) in [4.78, 5) is 18.7. The molecule has 2 aliphatic rings. The minimum atomic E-state index is -0.193. The zero-order valence-electron chi connectivity index (χ0n) is 14.7. The van der Waals surface area contributed by atoms with Crippen LogP contribution in [0.1, 0.15) is 38.1 Å². The van der Waals surface area contributed by atoms with E-state index in [2.05, 4.69) is 30.0 Å². The number of carbonyl (C=O) groups excluding carboxylic acids is 1. The molecule has 10 heteroatoms. The summed E-state index contributed by atoms with van der Waals surface area (Å²) in [6.45, 7) is 2.05. The molecule has 1 saturated heterocycles. The maximum absolute atomic E-state index is 12.3. The van der Waals surface area contributed by atoms with Crippen LogP contribution < -0.4 is 10.2 Å². The maximum Gasteiger partial charge on any atom is 0.236 e. The molecule has 7 nitrogen and oxygen atoms in total. The lowest BCUT2D eigenvalue weighted by Crippen LogP contribution is -2.32. The average Bonchev–Trinajstić information content (AvgIpc) is 3.42. The molecular weight excluding hydrogens is 407 g/mol. The molecule has 0 atom stereocenters. The van der Waals surface area contributed by atoms with Crippen molar-refractivity contribution >= 4 is 52.6 Å². The number of piperidine rings is 1. The van der Waals surface area contributed by atoms with Gasteiger partial charge in [0.1, 0.15) is 0 Å². The Labute approximate surface area is 171 Å². The topological polar surface area (TPSA) is 75.9 Å². The lowest BCUT2D eigenvalue weighted by atomic mass is 10.1. The second kappa shape index (κ2) is 8.24. The number of halogens is 2. The van der Waals surface area contributed by atoms with Crippen LogP contribution >= 0.6 is 35.0 Å². The van der Waals surface area contributed by atoms with Crippen molar-refractivity contribution in [3.8, 4) is 0 Å². The van der Waals surface area contributed by atoms with Gasteiger partial charge in [-0.3, -0.25) is 9.36 Å². The number of hydrogen-bond acceptors (Lipinski definition) is 6. The molecule has 1 amide bonds. The van der Waals surface area contributed by atoms with Crippen LogP contribution in [0.25, 0.3) is 0 Å². The van der Waals surface area contributed by atoms with Crippen molar-refractivity contribution < 1.29 is 4.79 Å². The average molecular weight is 427 g/mol. The fourth-order valence-corrected chi connectivity index (χ4v) is 4.36. The van der Waals surface area contributed by atoms with Crippen molar-refractivity contribution in [3.05, 3.63) is 22.3 Å². The molecule has 1 N–H and O–H groups in total. The van der Waals surface area contributed by atoms with Gasteiger partial charge in [-0.25, -0.2) is 4.98 Å². The van der Waals surface area contributed by atoms with Gasteiger partial charge < -0.3 is 10.2 Å². The molecule has 2 aromatic heterocycles. The number of amides is 1. The third-order valence-corrected chi connectivity index (χ3v) is 6.03. The number of carbonyl (C=O) groups is 1. The predicted octanol–water partition coefficient (Wildman–Crippen LogP) is 4.04. The van der Waals surface area contributed by atoms with Crippen molar-refractivity contribution in [1.82, 2.24) is 19.7 Å². The molecule has 0 aromatic carbocycles. The molecule has 1 aliphatic carbocycles. The highest BCUT2D eigenvalue weighted by Crippen LogP contribution is 2.41. The van der Waals surface area contributed by atoms with Gasteiger partial charge in [0.2, 0.25) is 11.9 Å². The van der Waals surface area contributed by atoms with Crippen LogP contribution in [-0.2, 0) is 4.79 Å². The van der Waals surface area contributed by atoms with Gasteiger partial charge in [0, 0.05) is 25.3 Å². The van der Waals surface area contributed by atoms with E-state index < -0.39 is 0 Å². The van der Waals surface area contributed by atoms with Crippen LogP contribution in [0.3, 0.4) is 0 Å². The number of rotatable bonds is 6. The van der Waals surface area contributed by atoms with E-state index in [1.54, 1.807) is 6.07 Å². The highest BCUT2D eigenvalue weighted by molar-refractivity contribution is 7.99. The number of hydrogen-bond donors (Lipinski definition) is 1. The largest absolute Gasteiger partial charge is 0.341 e. The Kier molecular flexibility index (Phi) is 5.75. The van der Waals surface area contributed by atoms with Gasteiger partial charge in [0.05, 0.1) is 15.8 Å². The number of nitrogens with one attached hydrogen (secondary N) is 1. The highest BCUT2D eigenvalue weighted by atomic mass is 35.5. The lowest BCUT2D eigenvalue weighted by Gasteiger charge is -2.27. The number of thioether (sulfide) groups is 1. The fraction of sp³-hybridized carbons (Fsp3) is 0.529. The van der Waals surface area contributed by atoms with Gasteiger partial charge in [-0.1, -0.05) is 35.0 Å². The summed E-state index contributed by atoms with van der Waals surface area (Å²) >= 11 is 13.3. The first-order valence-electron chi connectivity index (χ1n) is 9.05. The minimum Gasteiger partial charge on any atom is -0.341 e. The van der Waals surface area contributed by atoms with Crippen molar-refractivity contribution in [2.45, 2.75) is 43.3 Å². The van der Waals surface area contributed by atoms with E-state index in [0.717, 1.165) is 37.0 Å². The van der Waals surface area contributed by atoms with Gasteiger partial charge in [-0.05, 0) is 38.2 Å². The Morgan fingerprint density at radius 2 is 2.00 bits per heavy atom. The van der Waals surface area contributed by atoms with Crippen LogP contribution in [0.15, 0.2) is 17.4 Å². The van der Waals surface area contributed by atoms with Gasteiger partial charge in [0.25, 0.3) is 0 Å². The van der Waals surface area contributed by atoms with E-state index in [1.165, 1.54) is 37.2 Å². The van der Waals surface area contributed by atoms with E-state index in [0.29, 0.717) is 21.9 Å². The van der Waals surface area contributed by atoms with E-state index in [4.69, 9.17) is 23.2 Å². The zero-order valence-corrected chi connectivity index (χ0v) is 17.0. The molecule has 0 unspecified atom stereocenters. The fourth-order valence-electron chi connectivity index (χ4n) is 3.13. The first kappa shape index (κ1) is 18.8. The smallest absolute Gasteiger partial charge is 0.236 e. The lowest BCUT2D eigenvalue weighted by molar-refractivity contribution is -0.113. The summed E-state index contributed by atoms with van der Waals surface area (Å²) in [6, 6.07) is 2.00. The van der Waals surface area contributed by atoms with Crippen molar-refractivity contribution in [2.75, 3.05) is 29.1 Å². The summed E-state index contributed by atoms with van der Waals surface area (Å²) in [5.41, 5.74) is 0. The monoisotopic (exact) mass is 426 g/mol. The van der Waals surface area contributed by atoms with E-state index in [9.17, 15) is 4.79 Å². The maximum atomic E-state index is 12.3. The van der Waals surface area contributed by atoms with Crippen molar-refractivity contribution in [3.63, 3.8) is 0 Å². The molecule has 27 heavy (non-hydrogen) atoms. The molecule has 144 valence electrons. The number of aromatic nitrogens is 4. The van der Waals surface area contributed by atoms with Crippen LogP contribution in [-0.4, -0.2) is 44.5 Å². The normalized spacial score (nSPS) is 17.2. The molecule has 1 saturated carbocycles. The standard InChI is InChI=1S/C17H20Cl2N6OS/c18-11-8-13(19)15(20-9-11)21-14(26)10-27-17-23-22-16(25(17)12-4-5-12)24-6-2-1-3-7-24/h8-9,12H,1-7,10H2,(H,20,21,26). The summed E-state index contributed by atoms with van der Waals surface area (Å²) < 4.78 is 2.21. The molecule has 0 bridgehead atoms. The highest BCUT2D eigenvalue weighted by Gasteiger charge is 2.32. The molecule has 2 aromatic rings. The van der Waals surface area contributed by atoms with Crippen molar-refractivity contribution in [2.24, 2.45) is 0 Å². The number of pyridine rings is 1. The van der Waals surface area contributed by atoms with Crippen LogP contribution in [0.5, 0.6) is 0 Å². The third-order valence-electron chi connectivity index (χ3n) is 4.60. The number of nitrogens with zero attached hydrogens (tertiary/aromatic N) is 5. The molecule has 1 aliphatic heterocycles. The third kappa shape index (κ3) is 4.50. The van der Waals surface area contributed by atoms with Gasteiger partial charge in [-0.2, -0.15) is 0 Å². The SMILES string of the molecule is O=C(CSc1nnc(N2CCCCC2)n1C1CC1)Nc1ncc(Cl)cc1Cl. The van der Waals surface area contributed by atoms with E-state index >= 15 is 0 Å². The number of anilines is 2. The molecule has 4 rings (SSSR count). The first-order chi connectivity index (χ1) is 13.1. The second-order valence-electron chi connectivity index (χ2n) is 6.75. The summed E-state index contributed by atoms with van der Waals surface area (Å²) in [5, 5.41) is 13.0. The van der Waals surface area contributed by atoms with Crippen LogP contribution in [0, 0.1) is 0 Å². The van der Waals surface area contributed by atoms with E-state index in [-0.39, 0.29) is 11.7 Å². The predicted molar refractivity (Wildman–Crippen MR) is 108 cm³/mol. The second-order valence-corrected chi connectivity index (χ2v) is 8.54. The molecule has 0 radical (unpaired) electrons. The van der Waals surface area contributed by atoms with Crippen LogP contribution in [0.2, 0.25) is 10.0 Å². The minimum absolute atomic E-state index is 0.193. The van der Waals surface area contributed by atoms with Crippen LogP contribution in [0.4, 0.5) is 11.8 Å². The Balaban J connectivity index is 1.42. The summed E-state index contributed by atoms with van der Waals surface area (Å²) in [5.74, 6) is 1.28. The molecule has 0 spiro atoms. The molecule has 2 fully saturated rings. The Bertz CT molecular complexity index is 835. The molecule has 3 heterocycles. The van der Waals surface area contributed by atoms with Gasteiger partial charge in [-0.15, -0.1) is 10.2 Å². The Morgan fingerprint density at radius 3 is 2.70 bits per heavy atom. The quantitative estimate of drug-likeness (QED) is 0.702. The van der Waals surface area contributed by atoms with Gasteiger partial charge >= 0.3 is 0 Å². The Morgan fingerprint density at radius 1 is 1.22 bits per heavy atom. The zero-order chi connectivity index (χ0) is 18.8.